The van der Waals surface area contributed by atoms with Gasteiger partial charge in [-0.15, -0.1) is 0 Å². The molecular formula is C10H18N2. The van der Waals surface area contributed by atoms with E-state index in [2.05, 4.69) is 11.8 Å². The van der Waals surface area contributed by atoms with Crippen molar-refractivity contribution in [3.63, 3.8) is 0 Å². The molecule has 1 aliphatic carbocycles. The summed E-state index contributed by atoms with van der Waals surface area (Å²) in [5, 5.41) is 7.96. The van der Waals surface area contributed by atoms with Crippen LogP contribution >= 0.6 is 0 Å². The molecule has 2 unspecified atom stereocenters. The molecular weight excluding hydrogens is 148 g/mol. The molecule has 1 saturated carbocycles. The van der Waals surface area contributed by atoms with E-state index in [1.807, 2.05) is 0 Å². The summed E-state index contributed by atoms with van der Waals surface area (Å²) in [6, 6.07) is 0. The van der Waals surface area contributed by atoms with Crippen molar-refractivity contribution in [3.05, 3.63) is 0 Å². The van der Waals surface area contributed by atoms with Crippen molar-refractivity contribution in [1.29, 1.82) is 5.41 Å². The molecule has 1 aliphatic heterocycles. The first-order valence-corrected chi connectivity index (χ1v) is 5.12. The van der Waals surface area contributed by atoms with Crippen molar-refractivity contribution >= 4 is 5.84 Å². The molecule has 0 spiro atoms. The Morgan fingerprint density at radius 1 is 1.25 bits per heavy atom. The third kappa shape index (κ3) is 1.47. The molecule has 0 bridgehead atoms. The number of nitrogens with one attached hydrogen (secondary N) is 1. The van der Waals surface area contributed by atoms with Gasteiger partial charge in [0.1, 0.15) is 0 Å². The number of hydrogen-bond acceptors (Lipinski definition) is 1. The standard InChI is InChI=1S/C10H18N2/c1-8-7-9(8)10(11)12-5-3-2-4-6-12/h8-9,11H,2-7H2,1H3. The molecule has 12 heavy (non-hydrogen) atoms. The minimum Gasteiger partial charge on any atom is -0.360 e. The largest absolute Gasteiger partial charge is 0.360 e. The molecule has 2 heteroatoms. The molecule has 0 aromatic heterocycles. The maximum Gasteiger partial charge on any atom is 0.0992 e. The van der Waals surface area contributed by atoms with Crippen LogP contribution < -0.4 is 0 Å². The quantitative estimate of drug-likeness (QED) is 0.469. The van der Waals surface area contributed by atoms with Gasteiger partial charge in [0, 0.05) is 19.0 Å². The smallest absolute Gasteiger partial charge is 0.0992 e. The molecule has 2 nitrogen and oxygen atoms in total. The van der Waals surface area contributed by atoms with Crippen molar-refractivity contribution in [2.24, 2.45) is 11.8 Å². The highest BCUT2D eigenvalue weighted by Gasteiger charge is 2.38. The van der Waals surface area contributed by atoms with Crippen LogP contribution in [-0.2, 0) is 0 Å². The fourth-order valence-corrected chi connectivity index (χ4v) is 2.07. The van der Waals surface area contributed by atoms with Crippen LogP contribution in [-0.4, -0.2) is 23.8 Å². The minimum absolute atomic E-state index is 0.614. The van der Waals surface area contributed by atoms with Crippen LogP contribution in [0.25, 0.3) is 0 Å². The Labute approximate surface area is 74.5 Å². The van der Waals surface area contributed by atoms with E-state index < -0.39 is 0 Å². The predicted molar refractivity (Wildman–Crippen MR) is 50.4 cm³/mol. The summed E-state index contributed by atoms with van der Waals surface area (Å²) in [6.45, 7) is 4.53. The molecule has 0 aromatic rings. The van der Waals surface area contributed by atoms with Crippen molar-refractivity contribution in [3.8, 4) is 0 Å². The Morgan fingerprint density at radius 3 is 2.33 bits per heavy atom. The normalized spacial score (nSPS) is 34.9. The number of rotatable bonds is 1. The fourth-order valence-electron chi connectivity index (χ4n) is 2.07. The molecule has 2 atom stereocenters. The van der Waals surface area contributed by atoms with Gasteiger partial charge in [0.2, 0.25) is 0 Å². The summed E-state index contributed by atoms with van der Waals surface area (Å²) in [5.41, 5.74) is 0. The lowest BCUT2D eigenvalue weighted by molar-refractivity contribution is 0.331. The van der Waals surface area contributed by atoms with Gasteiger partial charge in [-0.3, -0.25) is 5.41 Å². The summed E-state index contributed by atoms with van der Waals surface area (Å²) in [6.07, 6.45) is 5.21. The van der Waals surface area contributed by atoms with Gasteiger partial charge in [-0.05, 0) is 31.6 Å². The van der Waals surface area contributed by atoms with Gasteiger partial charge in [-0.25, -0.2) is 0 Å². The summed E-state index contributed by atoms with van der Waals surface area (Å²) in [4.78, 5) is 2.29. The van der Waals surface area contributed by atoms with Crippen LogP contribution in [0.2, 0.25) is 0 Å². The summed E-state index contributed by atoms with van der Waals surface area (Å²) < 4.78 is 0. The predicted octanol–water partition coefficient (Wildman–Crippen LogP) is 2.11. The first-order chi connectivity index (χ1) is 5.79. The van der Waals surface area contributed by atoms with Gasteiger partial charge >= 0.3 is 0 Å². The fraction of sp³-hybridized carbons (Fsp3) is 0.900. The van der Waals surface area contributed by atoms with Crippen molar-refractivity contribution in [1.82, 2.24) is 4.90 Å². The second kappa shape index (κ2) is 3.08. The van der Waals surface area contributed by atoms with Crippen molar-refractivity contribution < 1.29 is 0 Å². The maximum absolute atomic E-state index is 7.96. The lowest BCUT2D eigenvalue weighted by Gasteiger charge is -2.29. The van der Waals surface area contributed by atoms with Crippen LogP contribution in [0.3, 0.4) is 0 Å². The maximum atomic E-state index is 7.96. The van der Waals surface area contributed by atoms with Crippen LogP contribution in [0.15, 0.2) is 0 Å². The molecule has 1 saturated heterocycles. The Bertz CT molecular complexity index is 182. The summed E-state index contributed by atoms with van der Waals surface area (Å²) >= 11 is 0. The zero-order valence-corrected chi connectivity index (χ0v) is 7.84. The minimum atomic E-state index is 0.614. The summed E-state index contributed by atoms with van der Waals surface area (Å²) in [7, 11) is 0. The number of nitrogens with zero attached hydrogens (tertiary/aromatic N) is 1. The zero-order chi connectivity index (χ0) is 8.55. The average molecular weight is 166 g/mol. The molecule has 2 fully saturated rings. The lowest BCUT2D eigenvalue weighted by atomic mass is 10.1. The highest BCUT2D eigenvalue weighted by Crippen LogP contribution is 2.39. The van der Waals surface area contributed by atoms with E-state index >= 15 is 0 Å². The average Bonchev–Trinajstić information content (AvgIpc) is 2.83. The topological polar surface area (TPSA) is 27.1 Å². The van der Waals surface area contributed by atoms with E-state index in [0.717, 1.165) is 24.8 Å². The van der Waals surface area contributed by atoms with Crippen LogP contribution in [0.4, 0.5) is 0 Å². The molecule has 2 rings (SSSR count). The molecule has 2 aliphatic rings. The van der Waals surface area contributed by atoms with E-state index in [1.165, 1.54) is 25.7 Å². The molecule has 1 heterocycles. The van der Waals surface area contributed by atoms with Crippen LogP contribution in [0, 0.1) is 17.2 Å². The monoisotopic (exact) mass is 166 g/mol. The van der Waals surface area contributed by atoms with Gasteiger partial charge in [-0.2, -0.15) is 0 Å². The highest BCUT2D eigenvalue weighted by atomic mass is 15.2. The van der Waals surface area contributed by atoms with Gasteiger partial charge in [0.05, 0.1) is 5.84 Å². The lowest BCUT2D eigenvalue weighted by Crippen LogP contribution is -2.36. The Kier molecular flexibility index (Phi) is 2.07. The van der Waals surface area contributed by atoms with E-state index in [0.29, 0.717) is 5.92 Å². The Hall–Kier alpha value is -0.530. The zero-order valence-electron chi connectivity index (χ0n) is 7.84. The second-order valence-electron chi connectivity index (χ2n) is 4.25. The van der Waals surface area contributed by atoms with Crippen LogP contribution in [0.5, 0.6) is 0 Å². The number of hydrogen-bond donors (Lipinski definition) is 1. The molecule has 68 valence electrons. The number of piperidine rings is 1. The van der Waals surface area contributed by atoms with E-state index in [4.69, 9.17) is 5.41 Å². The van der Waals surface area contributed by atoms with E-state index in [1.54, 1.807) is 0 Å². The third-order valence-electron chi connectivity index (χ3n) is 3.16. The highest BCUT2D eigenvalue weighted by molar-refractivity contribution is 5.84. The third-order valence-corrected chi connectivity index (χ3v) is 3.16. The van der Waals surface area contributed by atoms with Gasteiger partial charge in [0.15, 0.2) is 0 Å². The first kappa shape index (κ1) is 8.09. The molecule has 0 radical (unpaired) electrons. The van der Waals surface area contributed by atoms with Crippen molar-refractivity contribution in [2.45, 2.75) is 32.6 Å². The Balaban J connectivity index is 1.86. The first-order valence-electron chi connectivity index (χ1n) is 5.12. The van der Waals surface area contributed by atoms with Gasteiger partial charge in [0.25, 0.3) is 0 Å². The van der Waals surface area contributed by atoms with E-state index in [9.17, 15) is 0 Å². The summed E-state index contributed by atoms with van der Waals surface area (Å²) in [5.74, 6) is 2.34. The molecule has 0 amide bonds. The second-order valence-corrected chi connectivity index (χ2v) is 4.25. The number of likely N-dealkylation sites (tertiary alicyclic amines) is 1. The van der Waals surface area contributed by atoms with E-state index in [-0.39, 0.29) is 0 Å². The molecule has 0 aromatic carbocycles. The van der Waals surface area contributed by atoms with Crippen molar-refractivity contribution in [2.75, 3.05) is 13.1 Å². The van der Waals surface area contributed by atoms with Gasteiger partial charge in [-0.1, -0.05) is 6.92 Å². The van der Waals surface area contributed by atoms with Gasteiger partial charge < -0.3 is 4.90 Å². The molecule has 1 N–H and O–H groups in total. The Morgan fingerprint density at radius 2 is 1.83 bits per heavy atom. The number of amidine groups is 1. The SMILES string of the molecule is CC1CC1C(=N)N1CCCCC1. The van der Waals surface area contributed by atoms with Crippen LogP contribution in [0.1, 0.15) is 32.6 Å².